The zero-order valence-corrected chi connectivity index (χ0v) is 12.7. The molecular weight excluding hydrogens is 297 g/mol. The van der Waals surface area contributed by atoms with Crippen LogP contribution >= 0.6 is 0 Å². The maximum absolute atomic E-state index is 13.0. The van der Waals surface area contributed by atoms with Gasteiger partial charge in [0.05, 0.1) is 11.4 Å². The van der Waals surface area contributed by atoms with E-state index in [4.69, 9.17) is 4.74 Å². The topological polar surface area (TPSA) is 57.0 Å². The molecular formula is C17H14FN3O2. The third-order valence-corrected chi connectivity index (χ3v) is 3.36. The van der Waals surface area contributed by atoms with Gasteiger partial charge in [-0.1, -0.05) is 17.3 Å². The summed E-state index contributed by atoms with van der Waals surface area (Å²) in [6.07, 6.45) is 0. The molecule has 23 heavy (non-hydrogen) atoms. The SMILES string of the molecule is Cc1cccc(OC(=O)c2nnn(-c3ccc(F)cc3)c2C)c1. The van der Waals surface area contributed by atoms with Gasteiger partial charge in [0.15, 0.2) is 5.69 Å². The van der Waals surface area contributed by atoms with Crippen molar-refractivity contribution < 1.29 is 13.9 Å². The van der Waals surface area contributed by atoms with Crippen LogP contribution in [0.3, 0.4) is 0 Å². The van der Waals surface area contributed by atoms with Crippen LogP contribution in [0.25, 0.3) is 5.69 Å². The lowest BCUT2D eigenvalue weighted by Gasteiger charge is -2.05. The molecule has 3 rings (SSSR count). The first-order chi connectivity index (χ1) is 11.0. The second-order valence-corrected chi connectivity index (χ2v) is 5.12. The van der Waals surface area contributed by atoms with Crippen molar-refractivity contribution in [3.63, 3.8) is 0 Å². The van der Waals surface area contributed by atoms with Crippen molar-refractivity contribution in [1.29, 1.82) is 0 Å². The molecule has 6 heteroatoms. The Morgan fingerprint density at radius 2 is 1.87 bits per heavy atom. The highest BCUT2D eigenvalue weighted by molar-refractivity contribution is 5.90. The van der Waals surface area contributed by atoms with Gasteiger partial charge >= 0.3 is 5.97 Å². The van der Waals surface area contributed by atoms with Crippen molar-refractivity contribution in [3.05, 3.63) is 71.3 Å². The monoisotopic (exact) mass is 311 g/mol. The molecule has 0 N–H and O–H groups in total. The zero-order chi connectivity index (χ0) is 16.4. The molecule has 1 heterocycles. The summed E-state index contributed by atoms with van der Waals surface area (Å²) in [5.41, 5.74) is 2.25. The Morgan fingerprint density at radius 3 is 2.57 bits per heavy atom. The van der Waals surface area contributed by atoms with E-state index in [-0.39, 0.29) is 11.5 Å². The van der Waals surface area contributed by atoms with E-state index in [1.54, 1.807) is 37.3 Å². The molecule has 0 aliphatic carbocycles. The molecule has 2 aromatic carbocycles. The molecule has 0 saturated carbocycles. The Kier molecular flexibility index (Phi) is 3.89. The molecule has 3 aromatic rings. The Labute approximate surface area is 132 Å². The molecule has 0 saturated heterocycles. The highest BCUT2D eigenvalue weighted by Crippen LogP contribution is 2.17. The fraction of sp³-hybridized carbons (Fsp3) is 0.118. The van der Waals surface area contributed by atoms with Crippen molar-refractivity contribution in [2.24, 2.45) is 0 Å². The van der Waals surface area contributed by atoms with E-state index in [0.717, 1.165) is 5.56 Å². The molecule has 0 spiro atoms. The Bertz CT molecular complexity index is 857. The van der Waals surface area contributed by atoms with Crippen LogP contribution in [0.1, 0.15) is 21.7 Å². The Morgan fingerprint density at radius 1 is 1.13 bits per heavy atom. The summed E-state index contributed by atoms with van der Waals surface area (Å²) in [5, 5.41) is 7.82. The number of rotatable bonds is 3. The minimum atomic E-state index is -0.582. The number of carbonyl (C=O) groups excluding carboxylic acids is 1. The van der Waals surface area contributed by atoms with Crippen LogP contribution in [-0.2, 0) is 0 Å². The van der Waals surface area contributed by atoms with Gasteiger partial charge in [0.2, 0.25) is 0 Å². The molecule has 0 aliphatic heterocycles. The van der Waals surface area contributed by atoms with Gasteiger partial charge in [-0.3, -0.25) is 0 Å². The smallest absolute Gasteiger partial charge is 0.366 e. The van der Waals surface area contributed by atoms with Crippen molar-refractivity contribution in [2.45, 2.75) is 13.8 Å². The van der Waals surface area contributed by atoms with Gasteiger partial charge in [0.1, 0.15) is 11.6 Å². The molecule has 0 fully saturated rings. The minimum Gasteiger partial charge on any atom is -0.422 e. The molecule has 0 radical (unpaired) electrons. The number of benzene rings is 2. The predicted molar refractivity (Wildman–Crippen MR) is 82.2 cm³/mol. The molecule has 1 aromatic heterocycles. The van der Waals surface area contributed by atoms with Crippen LogP contribution in [0.5, 0.6) is 5.75 Å². The summed E-state index contributed by atoms with van der Waals surface area (Å²) in [4.78, 5) is 12.2. The van der Waals surface area contributed by atoms with Crippen LogP contribution in [-0.4, -0.2) is 21.0 Å². The molecule has 0 unspecified atom stereocenters. The average molecular weight is 311 g/mol. The second kappa shape index (κ2) is 6.00. The molecule has 0 aliphatic rings. The number of aryl methyl sites for hydroxylation is 1. The van der Waals surface area contributed by atoms with E-state index in [1.807, 2.05) is 13.0 Å². The maximum Gasteiger partial charge on any atom is 0.366 e. The quantitative estimate of drug-likeness (QED) is 0.550. The number of halogens is 1. The first-order valence-electron chi connectivity index (χ1n) is 7.01. The van der Waals surface area contributed by atoms with Gasteiger partial charge < -0.3 is 4.74 Å². The summed E-state index contributed by atoms with van der Waals surface area (Å²) >= 11 is 0. The summed E-state index contributed by atoms with van der Waals surface area (Å²) < 4.78 is 19.8. The number of carbonyl (C=O) groups is 1. The van der Waals surface area contributed by atoms with Gasteiger partial charge in [-0.2, -0.15) is 0 Å². The lowest BCUT2D eigenvalue weighted by atomic mass is 10.2. The van der Waals surface area contributed by atoms with Crippen LogP contribution in [0, 0.1) is 19.7 Å². The van der Waals surface area contributed by atoms with Crippen molar-refractivity contribution in [3.8, 4) is 11.4 Å². The van der Waals surface area contributed by atoms with E-state index in [2.05, 4.69) is 10.3 Å². The number of ether oxygens (including phenoxy) is 1. The highest BCUT2D eigenvalue weighted by Gasteiger charge is 2.19. The first kappa shape index (κ1) is 14.9. The van der Waals surface area contributed by atoms with E-state index < -0.39 is 5.97 Å². The Hall–Kier alpha value is -3.02. The number of esters is 1. The number of aromatic nitrogens is 3. The standard InChI is InChI=1S/C17H14FN3O2/c1-11-4-3-5-15(10-11)23-17(22)16-12(2)21(20-19-16)14-8-6-13(18)7-9-14/h3-10H,1-2H3. The average Bonchev–Trinajstić information content (AvgIpc) is 2.90. The fourth-order valence-electron chi connectivity index (χ4n) is 2.18. The molecule has 116 valence electrons. The lowest BCUT2D eigenvalue weighted by Crippen LogP contribution is -2.11. The summed E-state index contributed by atoms with van der Waals surface area (Å²) in [6.45, 7) is 3.61. The number of hydrogen-bond donors (Lipinski definition) is 0. The first-order valence-corrected chi connectivity index (χ1v) is 7.01. The van der Waals surface area contributed by atoms with E-state index in [0.29, 0.717) is 17.1 Å². The predicted octanol–water partition coefficient (Wildman–Crippen LogP) is 3.24. The van der Waals surface area contributed by atoms with Crippen LogP contribution in [0.4, 0.5) is 4.39 Å². The van der Waals surface area contributed by atoms with Gasteiger partial charge in [-0.05, 0) is 55.8 Å². The highest BCUT2D eigenvalue weighted by atomic mass is 19.1. The fourth-order valence-corrected chi connectivity index (χ4v) is 2.18. The maximum atomic E-state index is 13.0. The second-order valence-electron chi connectivity index (χ2n) is 5.12. The van der Waals surface area contributed by atoms with E-state index >= 15 is 0 Å². The summed E-state index contributed by atoms with van der Waals surface area (Å²) in [6, 6.07) is 12.9. The van der Waals surface area contributed by atoms with Crippen LogP contribution in [0.2, 0.25) is 0 Å². The van der Waals surface area contributed by atoms with Gasteiger partial charge in [0, 0.05) is 0 Å². The molecule has 0 atom stereocenters. The third kappa shape index (κ3) is 3.11. The van der Waals surface area contributed by atoms with E-state index in [9.17, 15) is 9.18 Å². The van der Waals surface area contributed by atoms with Crippen LogP contribution in [0.15, 0.2) is 48.5 Å². The number of nitrogens with zero attached hydrogens (tertiary/aromatic N) is 3. The molecule has 0 bridgehead atoms. The van der Waals surface area contributed by atoms with Crippen molar-refractivity contribution in [2.75, 3.05) is 0 Å². The normalized spacial score (nSPS) is 10.6. The number of hydrogen-bond acceptors (Lipinski definition) is 4. The van der Waals surface area contributed by atoms with Crippen molar-refractivity contribution in [1.82, 2.24) is 15.0 Å². The van der Waals surface area contributed by atoms with E-state index in [1.165, 1.54) is 16.8 Å². The van der Waals surface area contributed by atoms with Gasteiger partial charge in [-0.25, -0.2) is 13.9 Å². The third-order valence-electron chi connectivity index (χ3n) is 3.36. The minimum absolute atomic E-state index is 0.121. The summed E-state index contributed by atoms with van der Waals surface area (Å²) in [5.74, 6) is -0.474. The Balaban J connectivity index is 1.86. The van der Waals surface area contributed by atoms with Crippen LogP contribution < -0.4 is 4.74 Å². The lowest BCUT2D eigenvalue weighted by molar-refractivity contribution is 0.0727. The molecule has 0 amide bonds. The largest absolute Gasteiger partial charge is 0.422 e. The summed E-state index contributed by atoms with van der Waals surface area (Å²) in [7, 11) is 0. The van der Waals surface area contributed by atoms with Gasteiger partial charge in [-0.15, -0.1) is 5.10 Å². The molecule has 5 nitrogen and oxygen atoms in total. The van der Waals surface area contributed by atoms with Crippen molar-refractivity contribution >= 4 is 5.97 Å². The van der Waals surface area contributed by atoms with Gasteiger partial charge in [0.25, 0.3) is 0 Å². The zero-order valence-electron chi connectivity index (χ0n) is 12.7.